The quantitative estimate of drug-likeness (QED) is 0.309. The highest BCUT2D eigenvalue weighted by atomic mass is 35.5. The first kappa shape index (κ1) is 21.7. The standard InChI is InChI=1S/C18H16ClFN4O5S/c1-30(27,28)6-2-5-29-17-9-15-12(8-16(17)24(25)26)18(22-10-21-15)23-11-3-4-14(20)13(19)7-11/h3-4,7-10H,2,5-6H2,1H3,(H,21,22,23). The molecule has 9 nitrogen and oxygen atoms in total. The van der Waals surface area contributed by atoms with E-state index in [1.54, 1.807) is 0 Å². The molecule has 0 aliphatic heterocycles. The summed E-state index contributed by atoms with van der Waals surface area (Å²) in [5, 5.41) is 14.7. The van der Waals surface area contributed by atoms with Gasteiger partial charge >= 0.3 is 5.69 Å². The van der Waals surface area contributed by atoms with E-state index < -0.39 is 20.6 Å². The fourth-order valence-electron chi connectivity index (χ4n) is 2.64. The number of nitrogens with zero attached hydrogens (tertiary/aromatic N) is 3. The number of fused-ring (bicyclic) bond motifs is 1. The summed E-state index contributed by atoms with van der Waals surface area (Å²) in [5.41, 5.74) is 0.478. The summed E-state index contributed by atoms with van der Waals surface area (Å²) in [6.07, 6.45) is 2.55. The summed E-state index contributed by atoms with van der Waals surface area (Å²) < 4.78 is 41.2. The number of nitrogens with one attached hydrogen (secondary N) is 1. The van der Waals surface area contributed by atoms with Gasteiger partial charge in [0, 0.05) is 24.1 Å². The summed E-state index contributed by atoms with van der Waals surface area (Å²) in [5.74, 6) is -0.446. The molecule has 12 heteroatoms. The van der Waals surface area contributed by atoms with Gasteiger partial charge in [0.15, 0.2) is 5.75 Å². The van der Waals surface area contributed by atoms with Crippen molar-refractivity contribution in [3.05, 3.63) is 57.6 Å². The Morgan fingerprint density at radius 1 is 1.27 bits per heavy atom. The molecule has 0 radical (unpaired) electrons. The maximum absolute atomic E-state index is 13.4. The van der Waals surface area contributed by atoms with Crippen molar-refractivity contribution in [1.82, 2.24) is 9.97 Å². The van der Waals surface area contributed by atoms with Crippen molar-refractivity contribution in [2.75, 3.05) is 23.9 Å². The maximum Gasteiger partial charge on any atom is 0.311 e. The number of hydrogen-bond donors (Lipinski definition) is 1. The van der Waals surface area contributed by atoms with E-state index in [-0.39, 0.29) is 41.1 Å². The fraction of sp³-hybridized carbons (Fsp3) is 0.222. The molecule has 2 aromatic carbocycles. The molecule has 0 bridgehead atoms. The van der Waals surface area contributed by atoms with Crippen molar-refractivity contribution in [2.45, 2.75) is 6.42 Å². The zero-order chi connectivity index (χ0) is 21.9. The summed E-state index contributed by atoms with van der Waals surface area (Å²) in [6, 6.07) is 6.63. The van der Waals surface area contributed by atoms with Crippen molar-refractivity contribution >= 4 is 49.5 Å². The topological polar surface area (TPSA) is 124 Å². The molecule has 1 N–H and O–H groups in total. The number of ether oxygens (including phenoxy) is 1. The minimum atomic E-state index is -3.16. The van der Waals surface area contributed by atoms with E-state index in [2.05, 4.69) is 15.3 Å². The van der Waals surface area contributed by atoms with E-state index in [0.29, 0.717) is 16.6 Å². The number of anilines is 2. The van der Waals surface area contributed by atoms with Gasteiger partial charge in [0.05, 0.1) is 33.2 Å². The Balaban J connectivity index is 1.93. The number of hydrogen-bond acceptors (Lipinski definition) is 8. The average Bonchev–Trinajstić information content (AvgIpc) is 2.67. The molecule has 1 aromatic heterocycles. The molecule has 3 aromatic rings. The Labute approximate surface area is 175 Å². The van der Waals surface area contributed by atoms with Crippen LogP contribution in [0.3, 0.4) is 0 Å². The van der Waals surface area contributed by atoms with Gasteiger partial charge in [-0.2, -0.15) is 0 Å². The van der Waals surface area contributed by atoms with E-state index in [1.165, 1.54) is 36.7 Å². The second-order valence-electron chi connectivity index (χ2n) is 6.40. The monoisotopic (exact) mass is 454 g/mol. The Morgan fingerprint density at radius 2 is 2.03 bits per heavy atom. The molecule has 0 aliphatic carbocycles. The number of aromatic nitrogens is 2. The number of rotatable bonds is 8. The van der Waals surface area contributed by atoms with Gasteiger partial charge in [-0.3, -0.25) is 10.1 Å². The molecule has 0 saturated carbocycles. The zero-order valence-electron chi connectivity index (χ0n) is 15.6. The molecule has 158 valence electrons. The highest BCUT2D eigenvalue weighted by Crippen LogP contribution is 2.35. The van der Waals surface area contributed by atoms with Crippen molar-refractivity contribution in [3.63, 3.8) is 0 Å². The smallest absolute Gasteiger partial charge is 0.311 e. The average molecular weight is 455 g/mol. The van der Waals surface area contributed by atoms with Crippen LogP contribution in [0.1, 0.15) is 6.42 Å². The second kappa shape index (κ2) is 8.76. The lowest BCUT2D eigenvalue weighted by Crippen LogP contribution is -2.09. The lowest BCUT2D eigenvalue weighted by molar-refractivity contribution is -0.385. The SMILES string of the molecule is CS(=O)(=O)CCCOc1cc2ncnc(Nc3ccc(F)c(Cl)c3)c2cc1[N+](=O)[O-]. The molecule has 0 aliphatic rings. The van der Waals surface area contributed by atoms with Crippen LogP contribution in [0.4, 0.5) is 21.6 Å². The Morgan fingerprint density at radius 3 is 2.70 bits per heavy atom. The summed E-state index contributed by atoms with van der Waals surface area (Å²) in [4.78, 5) is 19.1. The van der Waals surface area contributed by atoms with E-state index in [0.717, 1.165) is 6.26 Å². The van der Waals surface area contributed by atoms with Gasteiger partial charge < -0.3 is 10.1 Å². The number of benzene rings is 2. The lowest BCUT2D eigenvalue weighted by atomic mass is 10.2. The Hall–Kier alpha value is -3.05. The van der Waals surface area contributed by atoms with Gasteiger partial charge in [-0.25, -0.2) is 22.8 Å². The summed E-state index contributed by atoms with van der Waals surface area (Å²) in [6.45, 7) is -0.0102. The Kier molecular flexibility index (Phi) is 6.32. The van der Waals surface area contributed by atoms with Crippen molar-refractivity contribution in [2.24, 2.45) is 0 Å². The molecule has 0 saturated heterocycles. The molecular formula is C18H16ClFN4O5S. The van der Waals surface area contributed by atoms with Crippen LogP contribution in [0.15, 0.2) is 36.7 Å². The normalized spacial score (nSPS) is 11.4. The zero-order valence-corrected chi connectivity index (χ0v) is 17.2. The predicted molar refractivity (Wildman–Crippen MR) is 111 cm³/mol. The first-order chi connectivity index (χ1) is 14.1. The van der Waals surface area contributed by atoms with Gasteiger partial charge in [-0.05, 0) is 24.6 Å². The van der Waals surface area contributed by atoms with Crippen LogP contribution in [0.2, 0.25) is 5.02 Å². The minimum absolute atomic E-state index is 0.0102. The summed E-state index contributed by atoms with van der Waals surface area (Å²) >= 11 is 5.78. The van der Waals surface area contributed by atoms with Crippen molar-refractivity contribution in [3.8, 4) is 5.75 Å². The first-order valence-corrected chi connectivity index (χ1v) is 11.0. The highest BCUT2D eigenvalue weighted by molar-refractivity contribution is 7.90. The molecule has 0 atom stereocenters. The van der Waals surface area contributed by atoms with Crippen LogP contribution >= 0.6 is 11.6 Å². The van der Waals surface area contributed by atoms with E-state index in [9.17, 15) is 22.9 Å². The maximum atomic E-state index is 13.4. The lowest BCUT2D eigenvalue weighted by Gasteiger charge is -2.11. The van der Waals surface area contributed by atoms with Crippen LogP contribution in [0.25, 0.3) is 10.9 Å². The van der Waals surface area contributed by atoms with Crippen LogP contribution in [0, 0.1) is 15.9 Å². The van der Waals surface area contributed by atoms with Crippen LogP contribution in [-0.2, 0) is 9.84 Å². The third-order valence-corrected chi connectivity index (χ3v) is 5.33. The van der Waals surface area contributed by atoms with Gasteiger partial charge in [-0.15, -0.1) is 0 Å². The molecule has 0 spiro atoms. The molecule has 0 amide bonds. The third kappa shape index (κ3) is 5.30. The van der Waals surface area contributed by atoms with Gasteiger partial charge in [0.1, 0.15) is 27.8 Å². The van der Waals surface area contributed by atoms with Gasteiger partial charge in [0.25, 0.3) is 0 Å². The van der Waals surface area contributed by atoms with Crippen molar-refractivity contribution < 1.29 is 22.5 Å². The minimum Gasteiger partial charge on any atom is -0.487 e. The molecule has 0 unspecified atom stereocenters. The molecule has 1 heterocycles. The second-order valence-corrected chi connectivity index (χ2v) is 9.07. The Bertz CT molecular complexity index is 1220. The van der Waals surface area contributed by atoms with Gasteiger partial charge in [0.2, 0.25) is 0 Å². The fourth-order valence-corrected chi connectivity index (χ4v) is 3.47. The largest absolute Gasteiger partial charge is 0.487 e. The van der Waals surface area contributed by atoms with E-state index >= 15 is 0 Å². The highest BCUT2D eigenvalue weighted by Gasteiger charge is 2.19. The van der Waals surface area contributed by atoms with E-state index in [4.69, 9.17) is 16.3 Å². The number of halogens is 2. The molecule has 0 fully saturated rings. The van der Waals surface area contributed by atoms with Crippen molar-refractivity contribution in [1.29, 1.82) is 0 Å². The van der Waals surface area contributed by atoms with Gasteiger partial charge in [-0.1, -0.05) is 11.6 Å². The number of nitro groups is 1. The predicted octanol–water partition coefficient (Wildman–Crippen LogP) is 3.89. The van der Waals surface area contributed by atoms with Crippen LogP contribution in [-0.4, -0.2) is 41.9 Å². The summed E-state index contributed by atoms with van der Waals surface area (Å²) in [7, 11) is -3.16. The molecular weight excluding hydrogens is 439 g/mol. The molecule has 30 heavy (non-hydrogen) atoms. The van der Waals surface area contributed by atoms with E-state index in [1.807, 2.05) is 0 Å². The van der Waals surface area contributed by atoms with Crippen LogP contribution in [0.5, 0.6) is 5.75 Å². The first-order valence-electron chi connectivity index (χ1n) is 8.60. The molecule has 3 rings (SSSR count). The third-order valence-electron chi connectivity index (χ3n) is 4.01. The number of sulfone groups is 1. The number of nitro benzene ring substituents is 1. The van der Waals surface area contributed by atoms with Crippen LogP contribution < -0.4 is 10.1 Å².